The Morgan fingerprint density at radius 2 is 2.31 bits per heavy atom. The van der Waals surface area contributed by atoms with Crippen LogP contribution < -0.4 is 0 Å². The molecule has 1 fully saturated rings. The van der Waals surface area contributed by atoms with E-state index in [1.54, 1.807) is 6.07 Å². The summed E-state index contributed by atoms with van der Waals surface area (Å²) in [7, 11) is 0. The number of phenols is 1. The molecule has 70 valence electrons. The highest BCUT2D eigenvalue weighted by molar-refractivity contribution is 5.38. The van der Waals surface area contributed by atoms with Crippen molar-refractivity contribution in [2.45, 2.75) is 19.3 Å². The summed E-state index contributed by atoms with van der Waals surface area (Å²) in [6.07, 6.45) is 1.02. The third kappa shape index (κ3) is 1.68. The zero-order valence-electron chi connectivity index (χ0n) is 7.79. The summed E-state index contributed by atoms with van der Waals surface area (Å²) in [5.74, 6) is 0.793. The Labute approximate surface area is 78.2 Å². The molecule has 0 unspecified atom stereocenters. The van der Waals surface area contributed by atoms with Crippen molar-refractivity contribution < 1.29 is 9.84 Å². The molecule has 0 amide bonds. The van der Waals surface area contributed by atoms with E-state index in [1.807, 2.05) is 13.0 Å². The number of hydrogen-bond acceptors (Lipinski definition) is 2. The highest BCUT2D eigenvalue weighted by Crippen LogP contribution is 2.32. The van der Waals surface area contributed by atoms with E-state index in [9.17, 15) is 5.11 Å². The van der Waals surface area contributed by atoms with E-state index in [-0.39, 0.29) is 0 Å². The number of aromatic hydroxyl groups is 1. The summed E-state index contributed by atoms with van der Waals surface area (Å²) in [6, 6.07) is 5.74. The standard InChI is InChI=1S/C11H14O2/c1-8-2-3-11(12)10(6-8)9-4-5-13-7-9/h2-3,6,9,12H,4-5,7H2,1H3/t9-/m1/s1. The normalized spacial score (nSPS) is 22.1. The van der Waals surface area contributed by atoms with Gasteiger partial charge in [-0.15, -0.1) is 0 Å². The van der Waals surface area contributed by atoms with Gasteiger partial charge in [0, 0.05) is 12.5 Å². The number of rotatable bonds is 1. The number of aryl methyl sites for hydroxylation is 1. The number of phenolic OH excluding ortho intramolecular Hbond substituents is 1. The average Bonchev–Trinajstić information content (AvgIpc) is 2.61. The van der Waals surface area contributed by atoms with Crippen LogP contribution in [-0.2, 0) is 4.74 Å². The molecule has 1 N–H and O–H groups in total. The van der Waals surface area contributed by atoms with Crippen LogP contribution in [0.5, 0.6) is 5.75 Å². The third-order valence-corrected chi connectivity index (χ3v) is 2.55. The highest BCUT2D eigenvalue weighted by Gasteiger charge is 2.20. The van der Waals surface area contributed by atoms with Gasteiger partial charge in [-0.3, -0.25) is 0 Å². The van der Waals surface area contributed by atoms with Gasteiger partial charge in [-0.25, -0.2) is 0 Å². The fraction of sp³-hybridized carbons (Fsp3) is 0.455. The molecule has 2 nitrogen and oxygen atoms in total. The SMILES string of the molecule is Cc1ccc(O)c([C@@H]2CCOC2)c1. The fourth-order valence-electron chi connectivity index (χ4n) is 1.78. The van der Waals surface area contributed by atoms with Crippen molar-refractivity contribution in [1.82, 2.24) is 0 Å². The summed E-state index contributed by atoms with van der Waals surface area (Å²) >= 11 is 0. The quantitative estimate of drug-likeness (QED) is 0.714. The summed E-state index contributed by atoms with van der Waals surface area (Å²) in [4.78, 5) is 0. The predicted molar refractivity (Wildman–Crippen MR) is 51.0 cm³/mol. The Morgan fingerprint density at radius 1 is 1.46 bits per heavy atom. The van der Waals surface area contributed by atoms with Gasteiger partial charge in [0.25, 0.3) is 0 Å². The van der Waals surface area contributed by atoms with Gasteiger partial charge in [-0.05, 0) is 25.0 Å². The van der Waals surface area contributed by atoms with Crippen LogP contribution in [-0.4, -0.2) is 18.3 Å². The zero-order chi connectivity index (χ0) is 9.26. The van der Waals surface area contributed by atoms with E-state index in [0.29, 0.717) is 11.7 Å². The molecule has 1 aromatic rings. The Bertz CT molecular complexity index is 301. The number of hydrogen-bond donors (Lipinski definition) is 1. The predicted octanol–water partition coefficient (Wildman–Crippen LogP) is 2.20. The Morgan fingerprint density at radius 3 is 3.00 bits per heavy atom. The first-order valence-electron chi connectivity index (χ1n) is 4.64. The second-order valence-corrected chi connectivity index (χ2v) is 3.62. The molecule has 1 aliphatic rings. The lowest BCUT2D eigenvalue weighted by Gasteiger charge is -2.10. The second-order valence-electron chi connectivity index (χ2n) is 3.62. The van der Waals surface area contributed by atoms with Crippen molar-refractivity contribution in [3.8, 4) is 5.75 Å². The maximum absolute atomic E-state index is 9.64. The van der Waals surface area contributed by atoms with Crippen LogP contribution in [0.25, 0.3) is 0 Å². The Balaban J connectivity index is 2.32. The monoisotopic (exact) mass is 178 g/mol. The molecule has 1 aliphatic heterocycles. The molecule has 0 aromatic heterocycles. The lowest BCUT2D eigenvalue weighted by molar-refractivity contribution is 0.193. The van der Waals surface area contributed by atoms with Gasteiger partial charge in [0.15, 0.2) is 0 Å². The molecule has 0 aliphatic carbocycles. The first kappa shape index (κ1) is 8.57. The summed E-state index contributed by atoms with van der Waals surface area (Å²) in [5.41, 5.74) is 2.23. The third-order valence-electron chi connectivity index (χ3n) is 2.55. The number of ether oxygens (including phenoxy) is 1. The van der Waals surface area contributed by atoms with Gasteiger partial charge >= 0.3 is 0 Å². The van der Waals surface area contributed by atoms with Crippen LogP contribution in [0.4, 0.5) is 0 Å². The molecule has 2 heteroatoms. The topological polar surface area (TPSA) is 29.5 Å². The van der Waals surface area contributed by atoms with Gasteiger partial charge in [-0.1, -0.05) is 17.7 Å². The van der Waals surface area contributed by atoms with E-state index >= 15 is 0 Å². The highest BCUT2D eigenvalue weighted by atomic mass is 16.5. The van der Waals surface area contributed by atoms with Crippen LogP contribution in [0.1, 0.15) is 23.5 Å². The van der Waals surface area contributed by atoms with Crippen LogP contribution in [0.3, 0.4) is 0 Å². The lowest BCUT2D eigenvalue weighted by atomic mass is 9.96. The molecule has 2 rings (SSSR count). The maximum Gasteiger partial charge on any atom is 0.119 e. The first-order valence-corrected chi connectivity index (χ1v) is 4.64. The molecule has 0 bridgehead atoms. The van der Waals surface area contributed by atoms with Crippen molar-refractivity contribution in [1.29, 1.82) is 0 Å². The summed E-state index contributed by atoms with van der Waals surface area (Å²) < 4.78 is 5.30. The van der Waals surface area contributed by atoms with Crippen LogP contribution in [0.15, 0.2) is 18.2 Å². The van der Waals surface area contributed by atoms with Crippen molar-refractivity contribution in [3.63, 3.8) is 0 Å². The molecule has 13 heavy (non-hydrogen) atoms. The number of benzene rings is 1. The molecule has 0 saturated carbocycles. The molecule has 1 atom stereocenters. The van der Waals surface area contributed by atoms with Gasteiger partial charge in [0.1, 0.15) is 5.75 Å². The van der Waals surface area contributed by atoms with E-state index in [0.717, 1.165) is 25.2 Å². The maximum atomic E-state index is 9.64. The van der Waals surface area contributed by atoms with Crippen molar-refractivity contribution >= 4 is 0 Å². The Hall–Kier alpha value is -1.02. The fourth-order valence-corrected chi connectivity index (χ4v) is 1.78. The average molecular weight is 178 g/mol. The lowest BCUT2D eigenvalue weighted by Crippen LogP contribution is -1.98. The van der Waals surface area contributed by atoms with E-state index in [4.69, 9.17) is 4.74 Å². The molecule has 0 spiro atoms. The zero-order valence-corrected chi connectivity index (χ0v) is 7.79. The largest absolute Gasteiger partial charge is 0.508 e. The van der Waals surface area contributed by atoms with Gasteiger partial charge in [0.05, 0.1) is 6.61 Å². The minimum Gasteiger partial charge on any atom is -0.508 e. The van der Waals surface area contributed by atoms with Gasteiger partial charge in [0.2, 0.25) is 0 Å². The van der Waals surface area contributed by atoms with E-state index < -0.39 is 0 Å². The van der Waals surface area contributed by atoms with Crippen LogP contribution >= 0.6 is 0 Å². The van der Waals surface area contributed by atoms with Gasteiger partial charge < -0.3 is 9.84 Å². The molecule has 0 radical (unpaired) electrons. The van der Waals surface area contributed by atoms with Crippen LogP contribution in [0, 0.1) is 6.92 Å². The summed E-state index contributed by atoms with van der Waals surface area (Å²) in [5, 5.41) is 9.64. The molecular weight excluding hydrogens is 164 g/mol. The first-order chi connectivity index (χ1) is 6.27. The minimum atomic E-state index is 0.389. The van der Waals surface area contributed by atoms with E-state index in [1.165, 1.54) is 5.56 Å². The van der Waals surface area contributed by atoms with E-state index in [2.05, 4.69) is 6.07 Å². The molecular formula is C11H14O2. The molecule has 1 aromatic carbocycles. The smallest absolute Gasteiger partial charge is 0.119 e. The van der Waals surface area contributed by atoms with Crippen molar-refractivity contribution in [2.75, 3.05) is 13.2 Å². The van der Waals surface area contributed by atoms with Crippen molar-refractivity contribution in [2.24, 2.45) is 0 Å². The molecule has 1 saturated heterocycles. The second kappa shape index (κ2) is 3.38. The molecule has 1 heterocycles. The van der Waals surface area contributed by atoms with Crippen LogP contribution in [0.2, 0.25) is 0 Å². The van der Waals surface area contributed by atoms with Crippen molar-refractivity contribution in [3.05, 3.63) is 29.3 Å². The Kier molecular flexibility index (Phi) is 2.23. The minimum absolute atomic E-state index is 0.389. The van der Waals surface area contributed by atoms with Gasteiger partial charge in [-0.2, -0.15) is 0 Å². The summed E-state index contributed by atoms with van der Waals surface area (Å²) in [6.45, 7) is 3.60.